The van der Waals surface area contributed by atoms with Gasteiger partial charge in [0.05, 0.1) is 15.0 Å². The van der Waals surface area contributed by atoms with Crippen molar-refractivity contribution in [1.29, 1.82) is 0 Å². The average Bonchev–Trinajstić information content (AvgIpc) is 2.75. The van der Waals surface area contributed by atoms with Crippen molar-refractivity contribution < 1.29 is 13.9 Å². The molecule has 1 aromatic heterocycles. The van der Waals surface area contributed by atoms with Gasteiger partial charge in [-0.05, 0) is 46.3 Å². The number of anilines is 1. The van der Waals surface area contributed by atoms with Gasteiger partial charge in [0.25, 0.3) is 0 Å². The highest BCUT2D eigenvalue weighted by molar-refractivity contribution is 9.11. The maximum Gasteiger partial charge on any atom is 0.338 e. The molecule has 0 bridgehead atoms. The zero-order valence-corrected chi connectivity index (χ0v) is 11.6. The van der Waals surface area contributed by atoms with E-state index >= 15 is 0 Å². The van der Waals surface area contributed by atoms with E-state index in [1.165, 1.54) is 23.5 Å². The van der Waals surface area contributed by atoms with Crippen molar-refractivity contribution in [2.75, 3.05) is 5.73 Å². The predicted octanol–water partition coefficient (Wildman–Crippen LogP) is 3.59. The molecule has 18 heavy (non-hydrogen) atoms. The number of thiophene rings is 1. The molecule has 3 nitrogen and oxygen atoms in total. The van der Waals surface area contributed by atoms with Crippen LogP contribution in [0.2, 0.25) is 0 Å². The highest BCUT2D eigenvalue weighted by Gasteiger charge is 2.10. The maximum atomic E-state index is 12.9. The molecular formula is C12H9BrFNO2S. The van der Waals surface area contributed by atoms with Crippen molar-refractivity contribution in [2.24, 2.45) is 0 Å². The molecule has 0 saturated heterocycles. The number of rotatable bonds is 3. The summed E-state index contributed by atoms with van der Waals surface area (Å²) < 4.78 is 19.0. The second-order valence-corrected chi connectivity index (χ2v) is 6.07. The van der Waals surface area contributed by atoms with E-state index < -0.39 is 11.8 Å². The van der Waals surface area contributed by atoms with Crippen LogP contribution < -0.4 is 5.73 Å². The fourth-order valence-electron chi connectivity index (χ4n) is 1.32. The van der Waals surface area contributed by atoms with Crippen LogP contribution in [-0.4, -0.2) is 5.97 Å². The van der Waals surface area contributed by atoms with E-state index in [1.54, 1.807) is 0 Å². The second-order valence-electron chi connectivity index (χ2n) is 3.52. The standard InChI is InChI=1S/C12H9BrFNO2S/c13-11-4-2-8(18-11)6-17-12(16)7-1-3-9(14)10(15)5-7/h1-5H,6,15H2. The van der Waals surface area contributed by atoms with Crippen LogP contribution in [-0.2, 0) is 11.3 Å². The Morgan fingerprint density at radius 3 is 2.78 bits per heavy atom. The molecule has 2 rings (SSSR count). The zero-order chi connectivity index (χ0) is 13.1. The van der Waals surface area contributed by atoms with Crippen molar-refractivity contribution in [3.8, 4) is 0 Å². The van der Waals surface area contributed by atoms with Gasteiger partial charge in [-0.3, -0.25) is 0 Å². The number of hydrogen-bond acceptors (Lipinski definition) is 4. The predicted molar refractivity (Wildman–Crippen MR) is 72.0 cm³/mol. The quantitative estimate of drug-likeness (QED) is 0.691. The van der Waals surface area contributed by atoms with Crippen molar-refractivity contribution in [3.63, 3.8) is 0 Å². The van der Waals surface area contributed by atoms with Crippen LogP contribution in [0.1, 0.15) is 15.2 Å². The zero-order valence-electron chi connectivity index (χ0n) is 9.15. The van der Waals surface area contributed by atoms with E-state index in [0.29, 0.717) is 0 Å². The van der Waals surface area contributed by atoms with Crippen molar-refractivity contribution in [2.45, 2.75) is 6.61 Å². The Kier molecular flexibility index (Phi) is 3.98. The van der Waals surface area contributed by atoms with Crippen LogP contribution in [0.25, 0.3) is 0 Å². The number of halogens is 2. The number of nitrogen functional groups attached to an aromatic ring is 1. The largest absolute Gasteiger partial charge is 0.456 e. The van der Waals surface area contributed by atoms with Gasteiger partial charge in [-0.1, -0.05) is 0 Å². The fourth-order valence-corrected chi connectivity index (χ4v) is 2.72. The normalized spacial score (nSPS) is 10.3. The number of benzene rings is 1. The van der Waals surface area contributed by atoms with Crippen LogP contribution in [0, 0.1) is 5.82 Å². The molecule has 0 fully saturated rings. The van der Waals surface area contributed by atoms with Crippen molar-refractivity contribution in [1.82, 2.24) is 0 Å². The van der Waals surface area contributed by atoms with Crippen LogP contribution in [0.15, 0.2) is 34.1 Å². The summed E-state index contributed by atoms with van der Waals surface area (Å²) in [6, 6.07) is 7.50. The lowest BCUT2D eigenvalue weighted by atomic mass is 10.2. The van der Waals surface area contributed by atoms with Gasteiger partial charge in [0.1, 0.15) is 12.4 Å². The Balaban J connectivity index is 2.01. The molecule has 2 N–H and O–H groups in total. The highest BCUT2D eigenvalue weighted by atomic mass is 79.9. The van der Waals surface area contributed by atoms with Crippen LogP contribution in [0.5, 0.6) is 0 Å². The number of esters is 1. The van der Waals surface area contributed by atoms with E-state index in [-0.39, 0.29) is 17.9 Å². The van der Waals surface area contributed by atoms with Gasteiger partial charge in [-0.25, -0.2) is 9.18 Å². The first-order valence-corrected chi connectivity index (χ1v) is 6.63. The summed E-state index contributed by atoms with van der Waals surface area (Å²) in [7, 11) is 0. The van der Waals surface area contributed by atoms with E-state index in [2.05, 4.69) is 15.9 Å². The smallest absolute Gasteiger partial charge is 0.338 e. The van der Waals surface area contributed by atoms with E-state index in [4.69, 9.17) is 10.5 Å². The lowest BCUT2D eigenvalue weighted by molar-refractivity contribution is 0.0477. The minimum absolute atomic E-state index is 0.0664. The van der Waals surface area contributed by atoms with Gasteiger partial charge in [-0.15, -0.1) is 11.3 Å². The van der Waals surface area contributed by atoms with E-state index in [9.17, 15) is 9.18 Å². The lowest BCUT2D eigenvalue weighted by Crippen LogP contribution is -2.05. The molecular weight excluding hydrogens is 321 g/mol. The maximum absolute atomic E-state index is 12.9. The topological polar surface area (TPSA) is 52.3 Å². The Hall–Kier alpha value is -1.40. The van der Waals surface area contributed by atoms with Gasteiger partial charge in [0.2, 0.25) is 0 Å². The molecule has 1 heterocycles. The summed E-state index contributed by atoms with van der Waals surface area (Å²) in [6.45, 7) is 0.187. The van der Waals surface area contributed by atoms with Gasteiger partial charge >= 0.3 is 5.97 Å². The molecule has 0 radical (unpaired) electrons. The fraction of sp³-hybridized carbons (Fsp3) is 0.0833. The summed E-state index contributed by atoms with van der Waals surface area (Å²) in [5, 5.41) is 0. The number of hydrogen-bond donors (Lipinski definition) is 1. The monoisotopic (exact) mass is 329 g/mol. The van der Waals surface area contributed by atoms with Crippen LogP contribution in [0.4, 0.5) is 10.1 Å². The van der Waals surface area contributed by atoms with Gasteiger partial charge < -0.3 is 10.5 Å². The molecule has 1 aromatic carbocycles. The number of carbonyl (C=O) groups excluding carboxylic acids is 1. The van der Waals surface area contributed by atoms with Crippen LogP contribution >= 0.6 is 27.3 Å². The second kappa shape index (κ2) is 5.49. The van der Waals surface area contributed by atoms with Crippen molar-refractivity contribution >= 4 is 38.9 Å². The van der Waals surface area contributed by atoms with Gasteiger partial charge in [0, 0.05) is 4.88 Å². The molecule has 2 aromatic rings. The van der Waals surface area contributed by atoms with E-state index in [1.807, 2.05) is 12.1 Å². The molecule has 0 aliphatic carbocycles. The molecule has 0 aliphatic heterocycles. The lowest BCUT2D eigenvalue weighted by Gasteiger charge is -2.04. The Labute approximate surface area is 116 Å². The van der Waals surface area contributed by atoms with Gasteiger partial charge in [0.15, 0.2) is 0 Å². The molecule has 94 valence electrons. The summed E-state index contributed by atoms with van der Waals surface area (Å²) in [5.41, 5.74) is 5.56. The first kappa shape index (κ1) is 13.0. The molecule has 0 amide bonds. The summed E-state index contributed by atoms with van der Waals surface area (Å²) >= 11 is 4.81. The van der Waals surface area contributed by atoms with Gasteiger partial charge in [-0.2, -0.15) is 0 Å². The molecule has 0 aliphatic rings. The SMILES string of the molecule is Nc1cc(C(=O)OCc2ccc(Br)s2)ccc1F. The highest BCUT2D eigenvalue weighted by Crippen LogP contribution is 2.23. The first-order chi connectivity index (χ1) is 8.56. The molecule has 0 spiro atoms. The third-order valence-electron chi connectivity index (χ3n) is 2.21. The first-order valence-electron chi connectivity index (χ1n) is 5.02. The third kappa shape index (κ3) is 3.08. The average molecular weight is 330 g/mol. The minimum Gasteiger partial charge on any atom is -0.456 e. The third-order valence-corrected chi connectivity index (χ3v) is 3.80. The molecule has 0 atom stereocenters. The number of carbonyl (C=O) groups is 1. The Bertz CT molecular complexity index is 585. The van der Waals surface area contributed by atoms with Crippen LogP contribution in [0.3, 0.4) is 0 Å². The van der Waals surface area contributed by atoms with Crippen molar-refractivity contribution in [3.05, 3.63) is 50.4 Å². The molecule has 6 heteroatoms. The minimum atomic E-state index is -0.547. The molecule has 0 saturated carbocycles. The summed E-state index contributed by atoms with van der Waals surface area (Å²) in [6.07, 6.45) is 0. The Morgan fingerprint density at radius 2 is 2.17 bits per heavy atom. The number of ether oxygens (including phenoxy) is 1. The molecule has 0 unspecified atom stereocenters. The summed E-state index contributed by atoms with van der Waals surface area (Å²) in [4.78, 5) is 12.6. The van der Waals surface area contributed by atoms with E-state index in [0.717, 1.165) is 14.7 Å². The number of nitrogens with two attached hydrogens (primary N) is 1. The summed E-state index contributed by atoms with van der Waals surface area (Å²) in [5.74, 6) is -1.07. The Morgan fingerprint density at radius 1 is 1.39 bits per heavy atom.